The molecule has 5 heterocycles. The van der Waals surface area contributed by atoms with Gasteiger partial charge in [0.1, 0.15) is 0 Å². The molecule has 6 heteroatoms. The summed E-state index contributed by atoms with van der Waals surface area (Å²) in [5.74, 6) is 0. The van der Waals surface area contributed by atoms with Crippen molar-refractivity contribution in [2.75, 3.05) is 0 Å². The van der Waals surface area contributed by atoms with Crippen LogP contribution < -0.4 is 0 Å². The first kappa shape index (κ1) is 28.5. The monoisotopic (exact) mass is 717 g/mol. The molecule has 5 aromatic heterocycles. The van der Waals surface area contributed by atoms with Gasteiger partial charge in [0, 0.05) is 0 Å². The van der Waals surface area contributed by atoms with Crippen LogP contribution in [0.2, 0.25) is 0 Å². The van der Waals surface area contributed by atoms with Crippen molar-refractivity contribution in [3.63, 3.8) is 0 Å². The van der Waals surface area contributed by atoms with Gasteiger partial charge in [0.05, 0.1) is 0 Å². The van der Waals surface area contributed by atoms with Gasteiger partial charge in [-0.3, -0.25) is 0 Å². The molecule has 0 aliphatic carbocycles. The van der Waals surface area contributed by atoms with E-state index in [1.54, 1.807) is 0 Å². The zero-order chi connectivity index (χ0) is 33.5. The number of hydrogen-bond donors (Lipinski definition) is 0. The Bertz CT molecular complexity index is 2920. The molecule has 0 aliphatic heterocycles. The van der Waals surface area contributed by atoms with Crippen molar-refractivity contribution < 1.29 is 0 Å². The Morgan fingerprint density at radius 3 is 1.51 bits per heavy atom. The Hall–Kier alpha value is -6.33. The van der Waals surface area contributed by atoms with Gasteiger partial charge in [-0.25, -0.2) is 0 Å². The number of nitrogens with zero attached hydrogens (tertiary/aromatic N) is 5. The van der Waals surface area contributed by atoms with Crippen LogP contribution in [0, 0.1) is 0 Å². The summed E-state index contributed by atoms with van der Waals surface area (Å²) in [6, 6.07) is 56.3. The van der Waals surface area contributed by atoms with E-state index in [2.05, 4.69) is 167 Å². The predicted molar refractivity (Wildman–Crippen MR) is 211 cm³/mol. The molecule has 0 saturated carbocycles. The fraction of sp³-hybridized carbons (Fsp3) is 0. The third kappa shape index (κ3) is 4.37. The van der Waals surface area contributed by atoms with Crippen molar-refractivity contribution in [2.24, 2.45) is 0 Å². The maximum atomic E-state index is 5.00. The molecule has 0 saturated heterocycles. The molecule has 0 fully saturated rings. The first-order chi connectivity index (χ1) is 25.3. The minimum atomic E-state index is 0.0507. The Kier molecular flexibility index (Phi) is 6.20. The second-order valence-electron chi connectivity index (χ2n) is 13.0. The van der Waals surface area contributed by atoms with Gasteiger partial charge >= 0.3 is 300 Å². The van der Waals surface area contributed by atoms with E-state index in [1.165, 1.54) is 47.7 Å². The van der Waals surface area contributed by atoms with Gasteiger partial charge in [0.25, 0.3) is 0 Å². The Morgan fingerprint density at radius 1 is 0.392 bits per heavy atom. The number of aromatic nitrogens is 5. The van der Waals surface area contributed by atoms with Crippen LogP contribution in [0.1, 0.15) is 0 Å². The third-order valence-corrected chi connectivity index (χ3v) is 12.3. The van der Waals surface area contributed by atoms with Gasteiger partial charge in [0.2, 0.25) is 0 Å². The van der Waals surface area contributed by atoms with Crippen molar-refractivity contribution >= 4 is 77.5 Å². The van der Waals surface area contributed by atoms with Gasteiger partial charge in [-0.05, 0) is 0 Å². The second kappa shape index (κ2) is 11.1. The van der Waals surface area contributed by atoms with E-state index >= 15 is 0 Å². The minimum absolute atomic E-state index is 0.0507. The number of rotatable bonds is 4. The van der Waals surface area contributed by atoms with E-state index in [0.717, 1.165) is 49.2 Å². The number of fused-ring (bicyclic) bond motifs is 9. The van der Waals surface area contributed by atoms with Crippen molar-refractivity contribution in [2.45, 2.75) is 0 Å². The van der Waals surface area contributed by atoms with Crippen LogP contribution in [0.15, 0.2) is 164 Å². The Morgan fingerprint density at radius 2 is 0.902 bits per heavy atom. The second-order valence-corrected chi connectivity index (χ2v) is 15.1. The quantitative estimate of drug-likeness (QED) is 0.170. The maximum absolute atomic E-state index is 5.00. The van der Waals surface area contributed by atoms with Gasteiger partial charge in [0.15, 0.2) is 0 Å². The van der Waals surface area contributed by atoms with Gasteiger partial charge in [-0.1, -0.05) is 0 Å². The molecule has 238 valence electrons. The molecule has 0 atom stereocenters. The number of para-hydroxylation sites is 4. The number of hydrogen-bond acceptors (Lipinski definition) is 3. The van der Waals surface area contributed by atoms with Gasteiger partial charge < -0.3 is 0 Å². The van der Waals surface area contributed by atoms with Gasteiger partial charge in [-0.2, -0.15) is 0 Å². The summed E-state index contributed by atoms with van der Waals surface area (Å²) in [5.41, 5.74) is 11.0. The fourth-order valence-corrected chi connectivity index (χ4v) is 9.76. The average molecular weight is 717 g/mol. The molecule has 0 amide bonds. The fourth-order valence-electron chi connectivity index (χ4n) is 7.76. The molecule has 11 aromatic rings. The van der Waals surface area contributed by atoms with E-state index in [0.29, 0.717) is 0 Å². The summed E-state index contributed by atoms with van der Waals surface area (Å²) in [4.78, 5) is 5.00. The summed E-state index contributed by atoms with van der Waals surface area (Å²) in [5, 5.41) is 16.9. The van der Waals surface area contributed by atoms with Crippen molar-refractivity contribution in [1.29, 1.82) is 0 Å². The van der Waals surface area contributed by atoms with Crippen LogP contribution in [0.4, 0.5) is 0 Å². The topological polar surface area (TPSA) is 48.5 Å². The molecule has 51 heavy (non-hydrogen) atoms. The molecular formula is C45H27N5Se. The molecule has 5 nitrogen and oxygen atoms in total. The van der Waals surface area contributed by atoms with Crippen LogP contribution in [-0.4, -0.2) is 38.8 Å². The van der Waals surface area contributed by atoms with Crippen LogP contribution in [0.25, 0.3) is 96.9 Å². The van der Waals surface area contributed by atoms with E-state index < -0.39 is 0 Å². The molecular weight excluding hydrogens is 689 g/mol. The van der Waals surface area contributed by atoms with Crippen molar-refractivity contribution in [3.8, 4) is 33.9 Å². The van der Waals surface area contributed by atoms with Crippen LogP contribution in [-0.2, 0) is 0 Å². The molecule has 6 aromatic carbocycles. The Labute approximate surface area is 298 Å². The normalized spacial score (nSPS) is 11.9. The van der Waals surface area contributed by atoms with Crippen molar-refractivity contribution in [1.82, 2.24) is 24.3 Å². The Balaban J connectivity index is 1.07. The zero-order valence-corrected chi connectivity index (χ0v) is 28.9. The van der Waals surface area contributed by atoms with E-state index in [1.807, 2.05) is 6.20 Å². The van der Waals surface area contributed by atoms with E-state index in [9.17, 15) is 0 Å². The van der Waals surface area contributed by atoms with Crippen LogP contribution in [0.3, 0.4) is 0 Å². The SMILES string of the molecule is c1ccc(-n2c3ccccc3c3ccc(-c4cc5c(cn4)[se]c4nnc(-c6ccc7c8ccccc8n(-c8ccccc8)c7c6)cc45)cc32)cc1. The van der Waals surface area contributed by atoms with E-state index in [-0.39, 0.29) is 14.5 Å². The molecule has 0 aliphatic rings. The first-order valence-electron chi connectivity index (χ1n) is 17.0. The van der Waals surface area contributed by atoms with Gasteiger partial charge in [-0.15, -0.1) is 0 Å². The predicted octanol–water partition coefficient (Wildman–Crippen LogP) is 10.8. The molecule has 0 bridgehead atoms. The first-order valence-corrected chi connectivity index (χ1v) is 18.7. The van der Waals surface area contributed by atoms with Crippen molar-refractivity contribution in [3.05, 3.63) is 164 Å². The number of benzene rings is 6. The standard InChI is InChI=1S/C45H27N5Se/c1-3-11-30(12-4-1)49-40-17-9-7-15-32(40)34-21-19-28(23-42(34)49)38-25-36-37-26-39(47-48-45(37)51-44(36)27-46-38)29-20-22-35-33-16-8-10-18-41(33)50(43(35)24-29)31-13-5-2-6-14-31/h1-27H. The molecule has 0 unspecified atom stereocenters. The van der Waals surface area contributed by atoms with E-state index in [4.69, 9.17) is 15.2 Å². The van der Waals surface area contributed by atoms with Crippen LogP contribution >= 0.6 is 0 Å². The summed E-state index contributed by atoms with van der Waals surface area (Å²) < 4.78 is 7.00. The molecule has 0 N–H and O–H groups in total. The molecule has 0 radical (unpaired) electrons. The molecule has 11 rings (SSSR count). The number of pyridine rings is 1. The summed E-state index contributed by atoms with van der Waals surface area (Å²) in [6.45, 7) is 0. The summed E-state index contributed by atoms with van der Waals surface area (Å²) in [6.07, 6.45) is 2.05. The average Bonchev–Trinajstić information content (AvgIpc) is 3.85. The van der Waals surface area contributed by atoms with Crippen LogP contribution in [0.5, 0.6) is 0 Å². The summed E-state index contributed by atoms with van der Waals surface area (Å²) >= 11 is 0.0507. The zero-order valence-electron chi connectivity index (χ0n) is 27.2. The molecule has 0 spiro atoms. The summed E-state index contributed by atoms with van der Waals surface area (Å²) in [7, 11) is 0. The third-order valence-electron chi connectivity index (χ3n) is 10.1.